The Morgan fingerprint density at radius 2 is 1.46 bits per heavy atom. The standard InChI is InChI=1S/C15H15Cl2N3O4/c1-8(12(21)18-6-7-19-13(22)11(16)17)20-14(23)9-4-2-3-5-10(9)15(20)24/h2-5,8,11H,6-7H2,1H3,(H,18,21)(H,19,22). The van der Waals surface area contributed by atoms with Gasteiger partial charge in [0.15, 0.2) is 4.84 Å². The fraction of sp³-hybridized carbons (Fsp3) is 0.333. The van der Waals surface area contributed by atoms with E-state index in [1.54, 1.807) is 24.3 Å². The van der Waals surface area contributed by atoms with Crippen LogP contribution in [0.2, 0.25) is 0 Å². The maximum absolute atomic E-state index is 12.3. The lowest BCUT2D eigenvalue weighted by Gasteiger charge is -2.21. The Morgan fingerprint density at radius 3 is 1.92 bits per heavy atom. The number of nitrogens with one attached hydrogen (secondary N) is 2. The van der Waals surface area contributed by atoms with E-state index in [2.05, 4.69) is 10.6 Å². The van der Waals surface area contributed by atoms with E-state index in [1.165, 1.54) is 6.92 Å². The molecule has 0 radical (unpaired) electrons. The van der Waals surface area contributed by atoms with Gasteiger partial charge >= 0.3 is 0 Å². The molecule has 0 saturated heterocycles. The first-order chi connectivity index (χ1) is 11.3. The molecule has 0 aromatic heterocycles. The molecule has 0 fully saturated rings. The molecule has 4 amide bonds. The SMILES string of the molecule is CC(C(=O)NCCNC(=O)C(Cl)Cl)N1C(=O)c2ccccc2C1=O. The van der Waals surface area contributed by atoms with Crippen molar-refractivity contribution in [1.82, 2.24) is 15.5 Å². The second kappa shape index (κ2) is 7.63. The fourth-order valence-corrected chi connectivity index (χ4v) is 2.43. The molecule has 9 heteroatoms. The normalized spacial score (nSPS) is 14.6. The van der Waals surface area contributed by atoms with Crippen molar-refractivity contribution in [3.63, 3.8) is 0 Å². The van der Waals surface area contributed by atoms with E-state index in [-0.39, 0.29) is 24.2 Å². The molecule has 7 nitrogen and oxygen atoms in total. The zero-order valence-electron chi connectivity index (χ0n) is 12.7. The van der Waals surface area contributed by atoms with Gasteiger partial charge in [0, 0.05) is 13.1 Å². The first-order valence-corrected chi connectivity index (χ1v) is 8.02. The largest absolute Gasteiger partial charge is 0.353 e. The third-order valence-electron chi connectivity index (χ3n) is 3.51. The number of amides is 4. The maximum atomic E-state index is 12.3. The molecule has 1 aliphatic heterocycles. The minimum absolute atomic E-state index is 0.110. The average Bonchev–Trinajstić information content (AvgIpc) is 2.82. The zero-order valence-corrected chi connectivity index (χ0v) is 14.2. The Kier molecular flexibility index (Phi) is 5.80. The summed E-state index contributed by atoms with van der Waals surface area (Å²) in [5.74, 6) is -2.08. The number of carbonyl (C=O) groups is 4. The molecule has 0 saturated carbocycles. The molecule has 2 rings (SSSR count). The molecule has 24 heavy (non-hydrogen) atoms. The van der Waals surface area contributed by atoms with Gasteiger partial charge in [0.2, 0.25) is 5.91 Å². The predicted octanol–water partition coefficient (Wildman–Crippen LogP) is 0.707. The van der Waals surface area contributed by atoms with Crippen LogP contribution >= 0.6 is 23.2 Å². The van der Waals surface area contributed by atoms with Gasteiger partial charge in [-0.25, -0.2) is 0 Å². The first-order valence-electron chi connectivity index (χ1n) is 7.15. The summed E-state index contributed by atoms with van der Waals surface area (Å²) >= 11 is 10.7. The van der Waals surface area contributed by atoms with Crippen LogP contribution in [-0.4, -0.2) is 52.5 Å². The molecule has 2 N–H and O–H groups in total. The minimum atomic E-state index is -1.18. The van der Waals surface area contributed by atoms with Gasteiger partial charge in [0.05, 0.1) is 11.1 Å². The Balaban J connectivity index is 1.91. The summed E-state index contributed by atoms with van der Waals surface area (Å²) in [7, 11) is 0. The van der Waals surface area contributed by atoms with E-state index < -0.39 is 34.5 Å². The van der Waals surface area contributed by atoms with Crippen LogP contribution in [-0.2, 0) is 9.59 Å². The van der Waals surface area contributed by atoms with Crippen LogP contribution < -0.4 is 10.6 Å². The van der Waals surface area contributed by atoms with Crippen molar-refractivity contribution in [2.75, 3.05) is 13.1 Å². The first kappa shape index (κ1) is 18.2. The lowest BCUT2D eigenvalue weighted by atomic mass is 10.1. The number of hydrogen-bond donors (Lipinski definition) is 2. The number of nitrogens with zero attached hydrogens (tertiary/aromatic N) is 1. The second-order valence-electron chi connectivity index (χ2n) is 5.08. The lowest BCUT2D eigenvalue weighted by Crippen LogP contribution is -2.49. The number of rotatable bonds is 6. The quantitative estimate of drug-likeness (QED) is 0.437. The number of fused-ring (bicyclic) bond motifs is 1. The summed E-state index contributed by atoms with van der Waals surface area (Å²) < 4.78 is 0. The fourth-order valence-electron chi connectivity index (χ4n) is 2.27. The molecular weight excluding hydrogens is 357 g/mol. The number of benzene rings is 1. The number of imide groups is 1. The highest BCUT2D eigenvalue weighted by molar-refractivity contribution is 6.53. The lowest BCUT2D eigenvalue weighted by molar-refractivity contribution is -0.125. The molecule has 1 atom stereocenters. The van der Waals surface area contributed by atoms with E-state index in [9.17, 15) is 19.2 Å². The topological polar surface area (TPSA) is 95.6 Å². The molecule has 0 spiro atoms. The highest BCUT2D eigenvalue weighted by Crippen LogP contribution is 2.24. The number of alkyl halides is 2. The van der Waals surface area contributed by atoms with Crippen LogP contribution in [0.25, 0.3) is 0 Å². The van der Waals surface area contributed by atoms with Crippen LogP contribution in [0.15, 0.2) is 24.3 Å². The highest BCUT2D eigenvalue weighted by atomic mass is 35.5. The van der Waals surface area contributed by atoms with Gasteiger partial charge in [-0.15, -0.1) is 0 Å². The van der Waals surface area contributed by atoms with Crippen molar-refractivity contribution in [2.45, 2.75) is 17.8 Å². The van der Waals surface area contributed by atoms with Gasteiger partial charge in [0.25, 0.3) is 17.7 Å². The van der Waals surface area contributed by atoms with Gasteiger partial charge < -0.3 is 10.6 Å². The van der Waals surface area contributed by atoms with Crippen LogP contribution in [0.1, 0.15) is 27.6 Å². The molecule has 1 unspecified atom stereocenters. The molecule has 1 heterocycles. The molecule has 1 aliphatic rings. The van der Waals surface area contributed by atoms with Crippen molar-refractivity contribution in [1.29, 1.82) is 0 Å². The summed E-state index contributed by atoms with van der Waals surface area (Å²) in [5, 5.41) is 4.95. The van der Waals surface area contributed by atoms with Crippen molar-refractivity contribution in [2.24, 2.45) is 0 Å². The van der Waals surface area contributed by atoms with Crippen molar-refractivity contribution < 1.29 is 19.2 Å². The Morgan fingerprint density at radius 1 is 1.00 bits per heavy atom. The Bertz CT molecular complexity index is 658. The molecule has 0 bridgehead atoms. The molecule has 0 aliphatic carbocycles. The van der Waals surface area contributed by atoms with Crippen LogP contribution in [0.3, 0.4) is 0 Å². The van der Waals surface area contributed by atoms with Gasteiger partial charge in [-0.2, -0.15) is 0 Å². The van der Waals surface area contributed by atoms with Crippen molar-refractivity contribution in [3.8, 4) is 0 Å². The Hall–Kier alpha value is -2.12. The van der Waals surface area contributed by atoms with Gasteiger partial charge in [-0.05, 0) is 19.1 Å². The van der Waals surface area contributed by atoms with E-state index in [1.807, 2.05) is 0 Å². The zero-order chi connectivity index (χ0) is 17.9. The molecular formula is C15H15Cl2N3O4. The summed E-state index contributed by atoms with van der Waals surface area (Å²) in [4.78, 5) is 47.6. The molecule has 128 valence electrons. The van der Waals surface area contributed by atoms with E-state index >= 15 is 0 Å². The minimum Gasteiger partial charge on any atom is -0.353 e. The summed E-state index contributed by atoms with van der Waals surface area (Å²) in [5.41, 5.74) is 0.564. The van der Waals surface area contributed by atoms with E-state index in [0.717, 1.165) is 4.90 Å². The maximum Gasteiger partial charge on any atom is 0.262 e. The van der Waals surface area contributed by atoms with Crippen molar-refractivity contribution in [3.05, 3.63) is 35.4 Å². The smallest absolute Gasteiger partial charge is 0.262 e. The predicted molar refractivity (Wildman–Crippen MR) is 87.9 cm³/mol. The molecule has 1 aromatic rings. The van der Waals surface area contributed by atoms with Gasteiger partial charge in [-0.1, -0.05) is 35.3 Å². The molecule has 1 aromatic carbocycles. The van der Waals surface area contributed by atoms with Gasteiger partial charge in [0.1, 0.15) is 6.04 Å². The number of carbonyl (C=O) groups excluding carboxylic acids is 4. The average molecular weight is 372 g/mol. The third-order valence-corrected chi connectivity index (χ3v) is 3.91. The Labute approximate surface area is 148 Å². The van der Waals surface area contributed by atoms with Crippen LogP contribution in [0.5, 0.6) is 0 Å². The van der Waals surface area contributed by atoms with E-state index in [4.69, 9.17) is 23.2 Å². The highest BCUT2D eigenvalue weighted by Gasteiger charge is 2.40. The second-order valence-corrected chi connectivity index (χ2v) is 6.18. The summed E-state index contributed by atoms with van der Waals surface area (Å²) in [6.45, 7) is 1.69. The third kappa shape index (κ3) is 3.68. The van der Waals surface area contributed by atoms with Crippen LogP contribution in [0, 0.1) is 0 Å². The summed E-state index contributed by atoms with van der Waals surface area (Å²) in [6.07, 6.45) is 0. The van der Waals surface area contributed by atoms with Gasteiger partial charge in [-0.3, -0.25) is 24.1 Å². The van der Waals surface area contributed by atoms with Crippen molar-refractivity contribution >= 4 is 46.8 Å². The number of halogens is 2. The monoisotopic (exact) mass is 371 g/mol. The number of hydrogen-bond acceptors (Lipinski definition) is 4. The summed E-state index contributed by atoms with van der Waals surface area (Å²) in [6, 6.07) is 5.43. The van der Waals surface area contributed by atoms with Crippen LogP contribution in [0.4, 0.5) is 0 Å². The van der Waals surface area contributed by atoms with E-state index in [0.29, 0.717) is 0 Å².